The summed E-state index contributed by atoms with van der Waals surface area (Å²) in [6.45, 7) is 0. The summed E-state index contributed by atoms with van der Waals surface area (Å²) in [6, 6.07) is 59.5. The molecule has 0 fully saturated rings. The molecular formula is C46H28N4O. The van der Waals surface area contributed by atoms with E-state index in [4.69, 9.17) is 19.4 Å². The van der Waals surface area contributed by atoms with Crippen LogP contribution in [-0.4, -0.2) is 15.0 Å². The van der Waals surface area contributed by atoms with Crippen molar-refractivity contribution in [3.05, 3.63) is 175 Å². The van der Waals surface area contributed by atoms with Crippen molar-refractivity contribution in [3.63, 3.8) is 0 Å². The fourth-order valence-electron chi connectivity index (χ4n) is 6.57. The van der Waals surface area contributed by atoms with Gasteiger partial charge in [-0.15, -0.1) is 0 Å². The molecular weight excluding hydrogens is 625 g/mol. The number of hydrogen-bond donors (Lipinski definition) is 0. The summed E-state index contributed by atoms with van der Waals surface area (Å²) in [4.78, 5) is 14.9. The monoisotopic (exact) mass is 652 g/mol. The lowest BCUT2D eigenvalue weighted by molar-refractivity contribution is 0.669. The first-order chi connectivity index (χ1) is 25.2. The van der Waals surface area contributed by atoms with E-state index < -0.39 is 0 Å². The number of furan rings is 1. The van der Waals surface area contributed by atoms with Gasteiger partial charge in [0.15, 0.2) is 17.5 Å². The normalized spacial score (nSPS) is 11.1. The predicted molar refractivity (Wildman–Crippen MR) is 204 cm³/mol. The van der Waals surface area contributed by atoms with E-state index in [9.17, 15) is 5.26 Å². The molecule has 51 heavy (non-hydrogen) atoms. The zero-order valence-electron chi connectivity index (χ0n) is 27.4. The quantitative estimate of drug-likeness (QED) is 0.179. The highest BCUT2D eigenvalue weighted by Crippen LogP contribution is 2.36. The molecule has 2 aromatic heterocycles. The number of fused-ring (bicyclic) bond motifs is 3. The Labute approximate surface area is 294 Å². The Morgan fingerprint density at radius 2 is 0.765 bits per heavy atom. The molecule has 9 aromatic rings. The average molecular weight is 653 g/mol. The van der Waals surface area contributed by atoms with E-state index in [1.165, 1.54) is 0 Å². The summed E-state index contributed by atoms with van der Waals surface area (Å²) >= 11 is 0. The van der Waals surface area contributed by atoms with Crippen molar-refractivity contribution in [2.24, 2.45) is 0 Å². The highest BCUT2D eigenvalue weighted by molar-refractivity contribution is 6.09. The molecule has 0 spiro atoms. The third kappa shape index (κ3) is 5.71. The molecule has 0 aliphatic rings. The molecule has 0 amide bonds. The Morgan fingerprint density at radius 1 is 0.373 bits per heavy atom. The van der Waals surface area contributed by atoms with E-state index in [-0.39, 0.29) is 0 Å². The maximum atomic E-state index is 10.0. The number of rotatable bonds is 6. The van der Waals surface area contributed by atoms with Gasteiger partial charge in [-0.05, 0) is 51.6 Å². The first-order valence-corrected chi connectivity index (χ1v) is 16.7. The number of nitriles is 1. The van der Waals surface area contributed by atoms with E-state index in [1.807, 2.05) is 97.1 Å². The number of nitrogens with zero attached hydrogens (tertiary/aromatic N) is 4. The van der Waals surface area contributed by atoms with Crippen molar-refractivity contribution in [3.8, 4) is 73.6 Å². The summed E-state index contributed by atoms with van der Waals surface area (Å²) in [5.41, 5.74) is 11.1. The molecule has 0 radical (unpaired) electrons. The number of para-hydroxylation sites is 1. The van der Waals surface area contributed by atoms with Crippen LogP contribution >= 0.6 is 0 Å². The molecule has 0 N–H and O–H groups in total. The molecule has 9 rings (SSSR count). The van der Waals surface area contributed by atoms with Crippen LogP contribution in [0.25, 0.3) is 89.5 Å². The Bertz CT molecular complexity index is 2610. The van der Waals surface area contributed by atoms with Gasteiger partial charge in [0.25, 0.3) is 0 Å². The minimum absolute atomic E-state index is 0.575. The molecule has 7 aromatic carbocycles. The molecule has 0 aliphatic heterocycles. The van der Waals surface area contributed by atoms with Crippen LogP contribution in [0, 0.1) is 11.3 Å². The van der Waals surface area contributed by atoms with Gasteiger partial charge in [0.2, 0.25) is 0 Å². The second kappa shape index (κ2) is 12.7. The van der Waals surface area contributed by atoms with E-state index in [1.54, 1.807) is 0 Å². The lowest BCUT2D eigenvalue weighted by Gasteiger charge is -2.10. The van der Waals surface area contributed by atoms with Crippen LogP contribution in [-0.2, 0) is 0 Å². The van der Waals surface area contributed by atoms with Crippen LogP contribution in [0.15, 0.2) is 174 Å². The highest BCUT2D eigenvalue weighted by atomic mass is 16.3. The lowest BCUT2D eigenvalue weighted by atomic mass is 9.98. The van der Waals surface area contributed by atoms with E-state index in [0.29, 0.717) is 28.6 Å². The average Bonchev–Trinajstić information content (AvgIpc) is 3.60. The van der Waals surface area contributed by atoms with E-state index in [2.05, 4.69) is 78.9 Å². The van der Waals surface area contributed by atoms with Gasteiger partial charge in [-0.2, -0.15) is 5.26 Å². The standard InChI is InChI=1S/C46H28N4O/c47-29-39-27-38(28-42-43(39)40-13-7-8-14-41(40)51-42)34-19-25-37(26-20-34)46-49-44(35-21-15-32(16-22-35)30-9-3-1-4-10-30)48-45(50-46)36-23-17-33(18-24-36)31-11-5-2-6-12-31/h1-28H. The maximum absolute atomic E-state index is 10.0. The van der Waals surface area contributed by atoms with Gasteiger partial charge >= 0.3 is 0 Å². The maximum Gasteiger partial charge on any atom is 0.164 e. The fraction of sp³-hybridized carbons (Fsp3) is 0. The summed E-state index contributed by atoms with van der Waals surface area (Å²) < 4.78 is 6.15. The molecule has 0 aliphatic carbocycles. The van der Waals surface area contributed by atoms with Gasteiger partial charge in [0, 0.05) is 27.5 Å². The molecule has 2 heterocycles. The Hall–Kier alpha value is -7.16. The van der Waals surface area contributed by atoms with Crippen molar-refractivity contribution in [2.75, 3.05) is 0 Å². The number of aromatic nitrogens is 3. The van der Waals surface area contributed by atoms with Crippen LogP contribution in [0.1, 0.15) is 5.56 Å². The third-order valence-corrected chi connectivity index (χ3v) is 9.21. The molecule has 5 nitrogen and oxygen atoms in total. The van der Waals surface area contributed by atoms with Gasteiger partial charge < -0.3 is 4.42 Å². The predicted octanol–water partition coefficient (Wildman–Crippen LogP) is 11.6. The minimum atomic E-state index is 0.575. The summed E-state index contributed by atoms with van der Waals surface area (Å²) in [6.07, 6.45) is 0. The van der Waals surface area contributed by atoms with Crippen molar-refractivity contribution >= 4 is 21.9 Å². The van der Waals surface area contributed by atoms with Gasteiger partial charge in [0.1, 0.15) is 11.2 Å². The van der Waals surface area contributed by atoms with Gasteiger partial charge in [-0.3, -0.25) is 0 Å². The first-order valence-electron chi connectivity index (χ1n) is 16.7. The van der Waals surface area contributed by atoms with Gasteiger partial charge in [-0.1, -0.05) is 152 Å². The van der Waals surface area contributed by atoms with Crippen LogP contribution in [0.3, 0.4) is 0 Å². The molecule has 5 heteroatoms. The summed E-state index contributed by atoms with van der Waals surface area (Å²) in [7, 11) is 0. The highest BCUT2D eigenvalue weighted by Gasteiger charge is 2.16. The molecule has 0 saturated heterocycles. The van der Waals surface area contributed by atoms with Gasteiger partial charge in [-0.25, -0.2) is 15.0 Å². The van der Waals surface area contributed by atoms with E-state index in [0.717, 1.165) is 66.4 Å². The Morgan fingerprint density at radius 3 is 1.24 bits per heavy atom. The number of hydrogen-bond acceptors (Lipinski definition) is 5. The van der Waals surface area contributed by atoms with Crippen molar-refractivity contribution in [1.82, 2.24) is 15.0 Å². The topological polar surface area (TPSA) is 75.6 Å². The second-order valence-electron chi connectivity index (χ2n) is 12.4. The molecule has 238 valence electrons. The number of benzene rings is 7. The van der Waals surface area contributed by atoms with Crippen LogP contribution in [0.5, 0.6) is 0 Å². The largest absolute Gasteiger partial charge is 0.456 e. The van der Waals surface area contributed by atoms with E-state index >= 15 is 0 Å². The zero-order chi connectivity index (χ0) is 34.1. The third-order valence-electron chi connectivity index (χ3n) is 9.21. The molecule has 0 unspecified atom stereocenters. The fourth-order valence-corrected chi connectivity index (χ4v) is 6.57. The summed E-state index contributed by atoms with van der Waals surface area (Å²) in [5, 5.41) is 11.8. The smallest absolute Gasteiger partial charge is 0.164 e. The van der Waals surface area contributed by atoms with Crippen LogP contribution < -0.4 is 0 Å². The van der Waals surface area contributed by atoms with Crippen LogP contribution in [0.4, 0.5) is 0 Å². The van der Waals surface area contributed by atoms with Crippen LogP contribution in [0.2, 0.25) is 0 Å². The minimum Gasteiger partial charge on any atom is -0.456 e. The first kappa shape index (κ1) is 29.9. The molecule has 0 saturated carbocycles. The molecule has 0 bridgehead atoms. The zero-order valence-corrected chi connectivity index (χ0v) is 27.4. The molecule has 0 atom stereocenters. The summed E-state index contributed by atoms with van der Waals surface area (Å²) in [5.74, 6) is 1.77. The van der Waals surface area contributed by atoms with Gasteiger partial charge in [0.05, 0.1) is 11.6 Å². The lowest BCUT2D eigenvalue weighted by Crippen LogP contribution is -2.00. The SMILES string of the molecule is N#Cc1cc(-c2ccc(-c3nc(-c4ccc(-c5ccccc5)cc4)nc(-c4ccc(-c5ccccc5)cc4)n3)cc2)cc2oc3ccccc3c12. The Kier molecular flexibility index (Phi) is 7.46. The Balaban J connectivity index is 1.11. The second-order valence-corrected chi connectivity index (χ2v) is 12.4. The van der Waals surface area contributed by atoms with Crippen molar-refractivity contribution in [2.45, 2.75) is 0 Å². The van der Waals surface area contributed by atoms with Crippen molar-refractivity contribution in [1.29, 1.82) is 5.26 Å². The van der Waals surface area contributed by atoms with Crippen molar-refractivity contribution < 1.29 is 4.42 Å².